The van der Waals surface area contributed by atoms with Crippen LogP contribution in [-0.4, -0.2) is 11.1 Å². The van der Waals surface area contributed by atoms with Crippen molar-refractivity contribution in [3.63, 3.8) is 0 Å². The van der Waals surface area contributed by atoms with Crippen LogP contribution in [0, 0.1) is 18.6 Å². The Hall–Kier alpha value is -2.23. The van der Waals surface area contributed by atoms with E-state index in [4.69, 9.17) is 5.11 Å². The number of carboxylic acid groups (broad SMARTS) is 1. The first-order valence-corrected chi connectivity index (χ1v) is 5.28. The zero-order valence-corrected chi connectivity index (χ0v) is 9.58. The summed E-state index contributed by atoms with van der Waals surface area (Å²) in [5.74, 6) is -2.40. The van der Waals surface area contributed by atoms with Gasteiger partial charge in [-0.15, -0.1) is 0 Å². The van der Waals surface area contributed by atoms with Crippen LogP contribution >= 0.6 is 0 Å². The Bertz CT molecular complexity index is 621. The number of hydrogen-bond acceptors (Lipinski definition) is 1. The molecule has 1 N–H and O–H groups in total. The van der Waals surface area contributed by atoms with Crippen molar-refractivity contribution >= 4 is 5.97 Å². The first-order valence-electron chi connectivity index (χ1n) is 5.28. The molecule has 0 aliphatic heterocycles. The maximum absolute atomic E-state index is 13.7. The molecule has 0 unspecified atom stereocenters. The minimum atomic E-state index is -1.18. The lowest BCUT2D eigenvalue weighted by Crippen LogP contribution is -1.98. The molecule has 18 heavy (non-hydrogen) atoms. The van der Waals surface area contributed by atoms with Crippen LogP contribution in [0.1, 0.15) is 15.9 Å². The van der Waals surface area contributed by atoms with Crippen LogP contribution in [0.2, 0.25) is 0 Å². The molecule has 0 aromatic heterocycles. The molecule has 92 valence electrons. The fraction of sp³-hybridized carbons (Fsp3) is 0.0714. The van der Waals surface area contributed by atoms with Gasteiger partial charge >= 0.3 is 5.97 Å². The van der Waals surface area contributed by atoms with Gasteiger partial charge in [0.2, 0.25) is 0 Å². The Morgan fingerprint density at radius 3 is 2.33 bits per heavy atom. The van der Waals surface area contributed by atoms with Crippen molar-refractivity contribution in [3.8, 4) is 11.1 Å². The first-order chi connectivity index (χ1) is 8.49. The summed E-state index contributed by atoms with van der Waals surface area (Å²) in [5.41, 5.74) is 0.644. The van der Waals surface area contributed by atoms with Gasteiger partial charge in [-0.2, -0.15) is 0 Å². The van der Waals surface area contributed by atoms with E-state index < -0.39 is 17.6 Å². The third-order valence-electron chi connectivity index (χ3n) is 2.63. The summed E-state index contributed by atoms with van der Waals surface area (Å²) in [4.78, 5) is 10.8. The SMILES string of the molecule is Cc1ccc(-c2cc(C(=O)O)ccc2F)c(F)c1. The van der Waals surface area contributed by atoms with Gasteiger partial charge in [-0.05, 0) is 36.8 Å². The monoisotopic (exact) mass is 248 g/mol. The maximum Gasteiger partial charge on any atom is 0.335 e. The van der Waals surface area contributed by atoms with Crippen LogP contribution in [0.4, 0.5) is 8.78 Å². The van der Waals surface area contributed by atoms with E-state index >= 15 is 0 Å². The van der Waals surface area contributed by atoms with E-state index in [0.29, 0.717) is 5.56 Å². The second kappa shape index (κ2) is 4.56. The second-order valence-electron chi connectivity index (χ2n) is 3.98. The molecule has 0 atom stereocenters. The van der Waals surface area contributed by atoms with E-state index in [1.165, 1.54) is 12.1 Å². The minimum Gasteiger partial charge on any atom is -0.478 e. The summed E-state index contributed by atoms with van der Waals surface area (Å²) in [7, 11) is 0. The van der Waals surface area contributed by atoms with E-state index in [9.17, 15) is 13.6 Å². The van der Waals surface area contributed by atoms with Gasteiger partial charge in [-0.3, -0.25) is 0 Å². The van der Waals surface area contributed by atoms with Gasteiger partial charge < -0.3 is 5.11 Å². The Kier molecular flexibility index (Phi) is 3.10. The van der Waals surface area contributed by atoms with Gasteiger partial charge in [0, 0.05) is 11.1 Å². The lowest BCUT2D eigenvalue weighted by Gasteiger charge is -2.07. The van der Waals surface area contributed by atoms with Gasteiger partial charge in [0.1, 0.15) is 11.6 Å². The molecule has 0 bridgehead atoms. The molecule has 0 aliphatic carbocycles. The fourth-order valence-electron chi connectivity index (χ4n) is 1.70. The van der Waals surface area contributed by atoms with E-state index in [1.807, 2.05) is 0 Å². The molecule has 2 aromatic rings. The van der Waals surface area contributed by atoms with Crippen molar-refractivity contribution in [1.29, 1.82) is 0 Å². The standard InChI is InChI=1S/C14H10F2O2/c1-8-2-4-10(13(16)6-8)11-7-9(14(17)18)3-5-12(11)15/h2-7H,1H3,(H,17,18). The van der Waals surface area contributed by atoms with Crippen LogP contribution in [0.15, 0.2) is 36.4 Å². The molecule has 0 saturated carbocycles. The van der Waals surface area contributed by atoms with Gasteiger partial charge in [-0.25, -0.2) is 13.6 Å². The van der Waals surface area contributed by atoms with E-state index in [0.717, 1.165) is 18.2 Å². The molecular formula is C14H10F2O2. The van der Waals surface area contributed by atoms with Crippen molar-refractivity contribution in [3.05, 3.63) is 59.2 Å². The molecule has 2 aromatic carbocycles. The van der Waals surface area contributed by atoms with Crippen LogP contribution in [-0.2, 0) is 0 Å². The molecule has 0 spiro atoms. The van der Waals surface area contributed by atoms with E-state index in [1.54, 1.807) is 13.0 Å². The number of carbonyl (C=O) groups is 1. The Morgan fingerprint density at radius 1 is 1.00 bits per heavy atom. The number of benzene rings is 2. The van der Waals surface area contributed by atoms with Crippen molar-refractivity contribution < 1.29 is 18.7 Å². The average molecular weight is 248 g/mol. The summed E-state index contributed by atoms with van der Waals surface area (Å²) < 4.78 is 27.4. The number of halogens is 2. The number of aromatic carboxylic acids is 1. The molecule has 0 fully saturated rings. The minimum absolute atomic E-state index is 0.0487. The molecule has 2 nitrogen and oxygen atoms in total. The highest BCUT2D eigenvalue weighted by Gasteiger charge is 2.13. The van der Waals surface area contributed by atoms with Gasteiger partial charge in [0.05, 0.1) is 5.56 Å². The second-order valence-corrected chi connectivity index (χ2v) is 3.98. The Morgan fingerprint density at radius 2 is 1.72 bits per heavy atom. The molecule has 4 heteroatoms. The van der Waals surface area contributed by atoms with Crippen LogP contribution in [0.5, 0.6) is 0 Å². The zero-order chi connectivity index (χ0) is 13.3. The van der Waals surface area contributed by atoms with E-state index in [-0.39, 0.29) is 16.7 Å². The smallest absolute Gasteiger partial charge is 0.335 e. The third-order valence-corrected chi connectivity index (χ3v) is 2.63. The molecule has 0 saturated heterocycles. The highest BCUT2D eigenvalue weighted by atomic mass is 19.1. The first kappa shape index (κ1) is 12.2. The third kappa shape index (κ3) is 2.22. The number of hydrogen-bond donors (Lipinski definition) is 1. The van der Waals surface area contributed by atoms with E-state index in [2.05, 4.69) is 0 Å². The molecule has 0 radical (unpaired) electrons. The summed E-state index contributed by atoms with van der Waals surface area (Å²) >= 11 is 0. The molecule has 0 aliphatic rings. The largest absolute Gasteiger partial charge is 0.478 e. The highest BCUT2D eigenvalue weighted by Crippen LogP contribution is 2.27. The zero-order valence-electron chi connectivity index (χ0n) is 9.58. The van der Waals surface area contributed by atoms with Gasteiger partial charge in [0.15, 0.2) is 0 Å². The van der Waals surface area contributed by atoms with Crippen molar-refractivity contribution in [2.75, 3.05) is 0 Å². The molecule has 2 rings (SSSR count). The van der Waals surface area contributed by atoms with Gasteiger partial charge in [0.25, 0.3) is 0 Å². The highest BCUT2D eigenvalue weighted by molar-refractivity contribution is 5.89. The van der Waals surface area contributed by atoms with Crippen LogP contribution in [0.25, 0.3) is 11.1 Å². The lowest BCUT2D eigenvalue weighted by atomic mass is 10.0. The average Bonchev–Trinajstić information content (AvgIpc) is 2.30. The normalized spacial score (nSPS) is 10.4. The molecule has 0 amide bonds. The van der Waals surface area contributed by atoms with Crippen molar-refractivity contribution in [2.45, 2.75) is 6.92 Å². The summed E-state index contributed by atoms with van der Waals surface area (Å²) in [6.45, 7) is 1.72. The van der Waals surface area contributed by atoms with Crippen molar-refractivity contribution in [1.82, 2.24) is 0 Å². The number of aryl methyl sites for hydroxylation is 1. The lowest BCUT2D eigenvalue weighted by molar-refractivity contribution is 0.0697. The molecular weight excluding hydrogens is 238 g/mol. The topological polar surface area (TPSA) is 37.3 Å². The quantitative estimate of drug-likeness (QED) is 0.880. The number of carboxylic acids is 1. The Balaban J connectivity index is 2.62. The number of rotatable bonds is 2. The molecule has 0 heterocycles. The van der Waals surface area contributed by atoms with Crippen LogP contribution in [0.3, 0.4) is 0 Å². The maximum atomic E-state index is 13.7. The summed E-state index contributed by atoms with van der Waals surface area (Å²) in [6.07, 6.45) is 0. The van der Waals surface area contributed by atoms with Gasteiger partial charge in [-0.1, -0.05) is 12.1 Å². The Labute approximate surface area is 103 Å². The van der Waals surface area contributed by atoms with Crippen LogP contribution < -0.4 is 0 Å². The summed E-state index contributed by atoms with van der Waals surface area (Å²) in [5, 5.41) is 8.84. The predicted octanol–water partition coefficient (Wildman–Crippen LogP) is 3.64. The fourth-order valence-corrected chi connectivity index (χ4v) is 1.70. The predicted molar refractivity (Wildman–Crippen MR) is 63.5 cm³/mol. The van der Waals surface area contributed by atoms with Crippen molar-refractivity contribution in [2.24, 2.45) is 0 Å². The summed E-state index contributed by atoms with van der Waals surface area (Å²) in [6, 6.07) is 7.67.